The van der Waals surface area contributed by atoms with E-state index in [0.717, 1.165) is 12.8 Å². The molecule has 1 saturated heterocycles. The number of carbonyl (C=O) groups is 2. The second-order valence-corrected chi connectivity index (χ2v) is 5.38. The van der Waals surface area contributed by atoms with Gasteiger partial charge in [-0.15, -0.1) is 11.6 Å². The van der Waals surface area contributed by atoms with Gasteiger partial charge in [0.25, 0.3) is 0 Å². The van der Waals surface area contributed by atoms with Crippen LogP contribution < -0.4 is 0 Å². The Labute approximate surface area is 114 Å². The van der Waals surface area contributed by atoms with Gasteiger partial charge in [-0.05, 0) is 12.8 Å². The van der Waals surface area contributed by atoms with Crippen LogP contribution in [0.3, 0.4) is 0 Å². The van der Waals surface area contributed by atoms with Crippen LogP contribution in [0.25, 0.3) is 0 Å². The van der Waals surface area contributed by atoms with Gasteiger partial charge in [0.05, 0.1) is 0 Å². The number of amides is 2. The Balaban J connectivity index is 2.30. The zero-order chi connectivity index (χ0) is 13.5. The third kappa shape index (κ3) is 4.48. The van der Waals surface area contributed by atoms with Crippen LogP contribution >= 0.6 is 11.6 Å². The summed E-state index contributed by atoms with van der Waals surface area (Å²) in [5, 5.41) is 0. The van der Waals surface area contributed by atoms with E-state index in [1.807, 2.05) is 23.6 Å². The Hall–Kier alpha value is -0.770. The molecule has 18 heavy (non-hydrogen) atoms. The summed E-state index contributed by atoms with van der Waals surface area (Å²) in [6, 6.07) is 0. The van der Waals surface area contributed by atoms with Crippen molar-refractivity contribution in [1.29, 1.82) is 0 Å². The molecule has 0 aromatic carbocycles. The lowest BCUT2D eigenvalue weighted by Crippen LogP contribution is -2.51. The van der Waals surface area contributed by atoms with Crippen LogP contribution in [0.15, 0.2) is 0 Å². The Bertz CT molecular complexity index is 287. The Kier molecular flexibility index (Phi) is 6.47. The molecule has 0 atom stereocenters. The van der Waals surface area contributed by atoms with Crippen LogP contribution in [0.4, 0.5) is 0 Å². The topological polar surface area (TPSA) is 40.6 Å². The van der Waals surface area contributed by atoms with Crippen molar-refractivity contribution in [3.8, 4) is 0 Å². The molecule has 5 heteroatoms. The van der Waals surface area contributed by atoms with Gasteiger partial charge in [-0.2, -0.15) is 0 Å². The first-order chi connectivity index (χ1) is 8.56. The fraction of sp³-hybridized carbons (Fsp3) is 0.846. The summed E-state index contributed by atoms with van der Waals surface area (Å²) in [7, 11) is 0. The molecule has 0 aliphatic carbocycles. The van der Waals surface area contributed by atoms with E-state index in [1.165, 1.54) is 0 Å². The molecule has 0 unspecified atom stereocenters. The van der Waals surface area contributed by atoms with Gasteiger partial charge in [0, 0.05) is 44.4 Å². The van der Waals surface area contributed by atoms with Crippen molar-refractivity contribution in [1.82, 2.24) is 9.80 Å². The maximum absolute atomic E-state index is 11.9. The lowest BCUT2D eigenvalue weighted by molar-refractivity contribution is -0.141. The van der Waals surface area contributed by atoms with Crippen molar-refractivity contribution in [2.75, 3.05) is 32.1 Å². The zero-order valence-electron chi connectivity index (χ0n) is 11.3. The summed E-state index contributed by atoms with van der Waals surface area (Å²) >= 11 is 5.59. The summed E-state index contributed by atoms with van der Waals surface area (Å²) in [5.41, 5.74) is 0. The number of unbranched alkanes of at least 4 members (excludes halogenated alkanes) is 1. The van der Waals surface area contributed by atoms with Gasteiger partial charge in [-0.3, -0.25) is 9.59 Å². The molecule has 0 bridgehead atoms. The summed E-state index contributed by atoms with van der Waals surface area (Å²) < 4.78 is 0. The van der Waals surface area contributed by atoms with Crippen LogP contribution in [0.1, 0.15) is 33.1 Å². The minimum atomic E-state index is 0.0379. The largest absolute Gasteiger partial charge is 0.339 e. The van der Waals surface area contributed by atoms with Crippen molar-refractivity contribution in [3.05, 3.63) is 0 Å². The Morgan fingerprint density at radius 2 is 1.61 bits per heavy atom. The number of hydrogen-bond acceptors (Lipinski definition) is 2. The van der Waals surface area contributed by atoms with Gasteiger partial charge < -0.3 is 9.80 Å². The monoisotopic (exact) mass is 274 g/mol. The molecule has 0 N–H and O–H groups in total. The van der Waals surface area contributed by atoms with E-state index in [1.54, 1.807) is 0 Å². The van der Waals surface area contributed by atoms with E-state index in [4.69, 9.17) is 11.6 Å². The number of piperazine rings is 1. The predicted octanol–water partition coefficient (Wildman–Crippen LogP) is 1.72. The molecular formula is C13H23ClN2O2. The fourth-order valence-electron chi connectivity index (χ4n) is 2.07. The molecule has 0 aromatic heterocycles. The van der Waals surface area contributed by atoms with E-state index < -0.39 is 0 Å². The average molecular weight is 275 g/mol. The number of alkyl halides is 1. The molecular weight excluding hydrogens is 252 g/mol. The quantitative estimate of drug-likeness (QED) is 0.566. The highest BCUT2D eigenvalue weighted by Crippen LogP contribution is 2.09. The summed E-state index contributed by atoms with van der Waals surface area (Å²) in [4.78, 5) is 27.4. The highest BCUT2D eigenvalue weighted by atomic mass is 35.5. The summed E-state index contributed by atoms with van der Waals surface area (Å²) in [6.45, 7) is 6.48. The van der Waals surface area contributed by atoms with Gasteiger partial charge in [0.15, 0.2) is 0 Å². The van der Waals surface area contributed by atoms with Crippen molar-refractivity contribution in [3.63, 3.8) is 0 Å². The normalized spacial score (nSPS) is 16.2. The average Bonchev–Trinajstić information content (AvgIpc) is 2.38. The van der Waals surface area contributed by atoms with Crippen molar-refractivity contribution in [2.24, 2.45) is 5.92 Å². The summed E-state index contributed by atoms with van der Waals surface area (Å²) in [6.07, 6.45) is 2.32. The number of halogens is 1. The van der Waals surface area contributed by atoms with Crippen LogP contribution in [-0.2, 0) is 9.59 Å². The third-order valence-corrected chi connectivity index (χ3v) is 3.48. The molecule has 1 aliphatic heterocycles. The molecule has 1 fully saturated rings. The number of hydrogen-bond donors (Lipinski definition) is 0. The standard InChI is InChI=1S/C13H23ClN2O2/c1-11(2)13(18)16-9-7-15(8-10-16)12(17)5-3-4-6-14/h11H,3-10H2,1-2H3. The first kappa shape index (κ1) is 15.3. The van der Waals surface area contributed by atoms with Crippen LogP contribution in [-0.4, -0.2) is 53.7 Å². The minimum absolute atomic E-state index is 0.0379. The third-order valence-electron chi connectivity index (χ3n) is 3.21. The van der Waals surface area contributed by atoms with E-state index >= 15 is 0 Å². The van der Waals surface area contributed by atoms with Gasteiger partial charge in [-0.25, -0.2) is 0 Å². The fourth-order valence-corrected chi connectivity index (χ4v) is 2.26. The van der Waals surface area contributed by atoms with Crippen LogP contribution in [0, 0.1) is 5.92 Å². The molecule has 1 rings (SSSR count). The van der Waals surface area contributed by atoms with E-state index in [2.05, 4.69) is 0 Å². The molecule has 104 valence electrons. The van der Waals surface area contributed by atoms with E-state index in [0.29, 0.717) is 38.5 Å². The molecule has 0 saturated carbocycles. The SMILES string of the molecule is CC(C)C(=O)N1CCN(C(=O)CCCCCl)CC1. The second-order valence-electron chi connectivity index (χ2n) is 5.01. The molecule has 1 aliphatic rings. The smallest absolute Gasteiger partial charge is 0.225 e. The van der Waals surface area contributed by atoms with Crippen molar-refractivity contribution in [2.45, 2.75) is 33.1 Å². The number of carbonyl (C=O) groups excluding carboxylic acids is 2. The first-order valence-corrected chi connectivity index (χ1v) is 7.22. The van der Waals surface area contributed by atoms with Crippen molar-refractivity contribution < 1.29 is 9.59 Å². The van der Waals surface area contributed by atoms with Gasteiger partial charge in [-0.1, -0.05) is 13.8 Å². The highest BCUT2D eigenvalue weighted by Gasteiger charge is 2.24. The van der Waals surface area contributed by atoms with Gasteiger partial charge in [0.2, 0.25) is 11.8 Å². The number of nitrogens with zero attached hydrogens (tertiary/aromatic N) is 2. The van der Waals surface area contributed by atoms with Crippen molar-refractivity contribution >= 4 is 23.4 Å². The summed E-state index contributed by atoms with van der Waals surface area (Å²) in [5.74, 6) is 1.03. The molecule has 4 nitrogen and oxygen atoms in total. The molecule has 0 aromatic rings. The van der Waals surface area contributed by atoms with Gasteiger partial charge in [0.1, 0.15) is 0 Å². The molecule has 2 amide bonds. The van der Waals surface area contributed by atoms with E-state index in [9.17, 15) is 9.59 Å². The Morgan fingerprint density at radius 1 is 1.06 bits per heavy atom. The highest BCUT2D eigenvalue weighted by molar-refractivity contribution is 6.17. The van der Waals surface area contributed by atoms with Crippen LogP contribution in [0.5, 0.6) is 0 Å². The Morgan fingerprint density at radius 3 is 2.11 bits per heavy atom. The van der Waals surface area contributed by atoms with Gasteiger partial charge >= 0.3 is 0 Å². The minimum Gasteiger partial charge on any atom is -0.339 e. The first-order valence-electron chi connectivity index (χ1n) is 6.68. The lowest BCUT2D eigenvalue weighted by atomic mass is 10.1. The van der Waals surface area contributed by atoms with E-state index in [-0.39, 0.29) is 17.7 Å². The maximum atomic E-state index is 11.9. The number of rotatable bonds is 5. The zero-order valence-corrected chi connectivity index (χ0v) is 12.1. The van der Waals surface area contributed by atoms with Crippen LogP contribution in [0.2, 0.25) is 0 Å². The predicted molar refractivity (Wildman–Crippen MR) is 72.6 cm³/mol. The molecule has 0 spiro atoms. The lowest BCUT2D eigenvalue weighted by Gasteiger charge is -2.35. The second kappa shape index (κ2) is 7.62. The molecule has 1 heterocycles. The maximum Gasteiger partial charge on any atom is 0.225 e. The molecule has 0 radical (unpaired) electrons.